The second-order valence-electron chi connectivity index (χ2n) is 6.05. The van der Waals surface area contributed by atoms with Crippen molar-refractivity contribution in [2.24, 2.45) is 0 Å². The van der Waals surface area contributed by atoms with E-state index in [4.69, 9.17) is 0 Å². The van der Waals surface area contributed by atoms with E-state index < -0.39 is 4.92 Å². The van der Waals surface area contributed by atoms with E-state index in [1.807, 2.05) is 0 Å². The number of nitrogens with zero attached hydrogens (tertiary/aromatic N) is 2. The van der Waals surface area contributed by atoms with Gasteiger partial charge in [0.05, 0.1) is 10.5 Å². The number of anilines is 1. The number of aryl methyl sites for hydroxylation is 1. The summed E-state index contributed by atoms with van der Waals surface area (Å²) in [5, 5.41) is 23.5. The first-order valence-electron chi connectivity index (χ1n) is 8.36. The number of benzene rings is 1. The van der Waals surface area contributed by atoms with Gasteiger partial charge in [-0.25, -0.2) is 0 Å². The maximum absolute atomic E-state index is 12.2. The molecule has 0 saturated heterocycles. The molecule has 2 aromatic rings. The van der Waals surface area contributed by atoms with Gasteiger partial charge in [-0.1, -0.05) is 6.42 Å². The highest BCUT2D eigenvalue weighted by molar-refractivity contribution is 7.16. The van der Waals surface area contributed by atoms with Crippen molar-refractivity contribution in [3.63, 3.8) is 0 Å². The zero-order chi connectivity index (χ0) is 18.5. The molecule has 0 radical (unpaired) electrons. The predicted molar refractivity (Wildman–Crippen MR) is 101 cm³/mol. The third-order valence-corrected chi connectivity index (χ3v) is 5.51. The van der Waals surface area contributed by atoms with Gasteiger partial charge < -0.3 is 5.32 Å². The molecule has 7 heteroatoms. The molecule has 1 aliphatic rings. The van der Waals surface area contributed by atoms with Crippen LogP contribution in [0.25, 0.3) is 6.08 Å². The largest absolute Gasteiger partial charge is 0.313 e. The van der Waals surface area contributed by atoms with E-state index >= 15 is 0 Å². The number of nitrogens with one attached hydrogen (secondary N) is 1. The number of carbonyl (C=O) groups excluding carboxylic acids is 1. The van der Waals surface area contributed by atoms with Gasteiger partial charge >= 0.3 is 0 Å². The summed E-state index contributed by atoms with van der Waals surface area (Å²) in [4.78, 5) is 23.6. The standard InChI is InChI=1S/C19H17N3O3S/c20-12-16-15-4-2-1-3-5-17(15)26-19(16)21-18(23)11-8-13-6-9-14(10-7-13)22(24)25/h6-11H,1-5H2,(H,21,23). The fourth-order valence-electron chi connectivity index (χ4n) is 2.98. The van der Waals surface area contributed by atoms with Gasteiger partial charge in [0, 0.05) is 23.1 Å². The first-order valence-corrected chi connectivity index (χ1v) is 9.18. The van der Waals surface area contributed by atoms with Crippen molar-refractivity contribution in [2.45, 2.75) is 32.1 Å². The average Bonchev–Trinajstić information content (AvgIpc) is 2.79. The molecule has 0 saturated carbocycles. The van der Waals surface area contributed by atoms with Crippen LogP contribution in [0.15, 0.2) is 30.3 Å². The SMILES string of the molecule is N#Cc1c(NC(=O)C=Cc2ccc([N+](=O)[O-])cc2)sc2c1CCCCC2. The maximum atomic E-state index is 12.2. The Morgan fingerprint density at radius 3 is 2.65 bits per heavy atom. The van der Waals surface area contributed by atoms with Gasteiger partial charge in [-0.3, -0.25) is 14.9 Å². The van der Waals surface area contributed by atoms with Gasteiger partial charge in [-0.05, 0) is 55.0 Å². The number of nitro benzene ring substituents is 1. The van der Waals surface area contributed by atoms with Crippen LogP contribution in [0, 0.1) is 21.4 Å². The van der Waals surface area contributed by atoms with Crippen molar-refractivity contribution in [2.75, 3.05) is 5.32 Å². The van der Waals surface area contributed by atoms with Crippen molar-refractivity contribution >= 4 is 34.0 Å². The summed E-state index contributed by atoms with van der Waals surface area (Å²) in [6, 6.07) is 8.17. The molecule has 0 unspecified atom stereocenters. The van der Waals surface area contributed by atoms with Gasteiger partial charge in [0.2, 0.25) is 5.91 Å². The van der Waals surface area contributed by atoms with Crippen LogP contribution in [0.1, 0.15) is 40.8 Å². The highest BCUT2D eigenvalue weighted by Crippen LogP contribution is 2.36. The average molecular weight is 367 g/mol. The normalized spacial score (nSPS) is 13.7. The minimum absolute atomic E-state index is 0.00495. The Hall–Kier alpha value is -2.98. The predicted octanol–water partition coefficient (Wildman–Crippen LogP) is 4.45. The smallest absolute Gasteiger partial charge is 0.269 e. The Morgan fingerprint density at radius 1 is 1.23 bits per heavy atom. The number of amides is 1. The van der Waals surface area contributed by atoms with Crippen LogP contribution < -0.4 is 5.32 Å². The monoisotopic (exact) mass is 367 g/mol. The van der Waals surface area contributed by atoms with Gasteiger partial charge in [-0.15, -0.1) is 11.3 Å². The van der Waals surface area contributed by atoms with Crippen molar-refractivity contribution in [1.82, 2.24) is 0 Å². The number of rotatable bonds is 4. The Balaban J connectivity index is 1.72. The summed E-state index contributed by atoms with van der Waals surface area (Å²) < 4.78 is 0. The van der Waals surface area contributed by atoms with Crippen molar-refractivity contribution in [3.05, 3.63) is 62.0 Å². The Bertz CT molecular complexity index is 907. The molecule has 1 aliphatic carbocycles. The number of nitriles is 1. The molecule has 26 heavy (non-hydrogen) atoms. The van der Waals surface area contributed by atoms with Crippen LogP contribution in [0.4, 0.5) is 10.7 Å². The van der Waals surface area contributed by atoms with E-state index in [1.54, 1.807) is 18.2 Å². The topological polar surface area (TPSA) is 96.0 Å². The molecule has 1 aromatic carbocycles. The third kappa shape index (κ3) is 3.98. The Morgan fingerprint density at radius 2 is 1.96 bits per heavy atom. The first-order chi connectivity index (χ1) is 12.6. The van der Waals surface area contributed by atoms with Crippen molar-refractivity contribution < 1.29 is 9.72 Å². The second-order valence-corrected chi connectivity index (χ2v) is 7.16. The summed E-state index contributed by atoms with van der Waals surface area (Å²) >= 11 is 1.49. The highest BCUT2D eigenvalue weighted by Gasteiger charge is 2.20. The van der Waals surface area contributed by atoms with Crippen molar-refractivity contribution in [3.8, 4) is 6.07 Å². The zero-order valence-electron chi connectivity index (χ0n) is 14.0. The molecule has 6 nitrogen and oxygen atoms in total. The number of non-ortho nitro benzene ring substituents is 1. The number of nitro groups is 1. The van der Waals surface area contributed by atoms with Gasteiger partial charge in [0.1, 0.15) is 11.1 Å². The van der Waals surface area contributed by atoms with E-state index in [1.165, 1.54) is 40.8 Å². The molecule has 0 atom stereocenters. The first kappa shape index (κ1) is 17.8. The quantitative estimate of drug-likeness (QED) is 0.374. The molecule has 3 rings (SSSR count). The van der Waals surface area contributed by atoms with Crippen molar-refractivity contribution in [1.29, 1.82) is 5.26 Å². The zero-order valence-corrected chi connectivity index (χ0v) is 14.8. The Labute approximate surface area is 154 Å². The molecule has 0 aliphatic heterocycles. The number of hydrogen-bond acceptors (Lipinski definition) is 5. The number of fused-ring (bicyclic) bond motifs is 1. The van der Waals surface area contributed by atoms with Gasteiger partial charge in [0.25, 0.3) is 5.69 Å². The lowest BCUT2D eigenvalue weighted by atomic mass is 10.1. The van der Waals surface area contributed by atoms with Crippen LogP contribution >= 0.6 is 11.3 Å². The van der Waals surface area contributed by atoms with Crippen LogP contribution in [0.5, 0.6) is 0 Å². The van der Waals surface area contributed by atoms with Crippen LogP contribution in [-0.2, 0) is 17.6 Å². The molecule has 1 amide bonds. The molecular formula is C19H17N3O3S. The van der Waals surface area contributed by atoms with Crippen LogP contribution in [0.2, 0.25) is 0 Å². The molecule has 1 N–H and O–H groups in total. The lowest BCUT2D eigenvalue weighted by molar-refractivity contribution is -0.384. The molecule has 1 aromatic heterocycles. The second kappa shape index (κ2) is 7.93. The molecular weight excluding hydrogens is 350 g/mol. The summed E-state index contributed by atoms with van der Waals surface area (Å²) in [6.07, 6.45) is 8.17. The van der Waals surface area contributed by atoms with Crippen LogP contribution in [-0.4, -0.2) is 10.8 Å². The summed E-state index contributed by atoms with van der Waals surface area (Å²) in [5.74, 6) is -0.323. The summed E-state index contributed by atoms with van der Waals surface area (Å²) in [5.41, 5.74) is 2.37. The number of carbonyl (C=O) groups is 1. The summed E-state index contributed by atoms with van der Waals surface area (Å²) in [7, 11) is 0. The molecule has 0 fully saturated rings. The van der Waals surface area contributed by atoms with E-state index in [-0.39, 0.29) is 11.6 Å². The van der Waals surface area contributed by atoms with E-state index in [2.05, 4.69) is 11.4 Å². The lowest BCUT2D eigenvalue weighted by Gasteiger charge is -2.01. The number of thiophene rings is 1. The highest BCUT2D eigenvalue weighted by atomic mass is 32.1. The minimum Gasteiger partial charge on any atom is -0.313 e. The van der Waals surface area contributed by atoms with Gasteiger partial charge in [0.15, 0.2) is 0 Å². The lowest BCUT2D eigenvalue weighted by Crippen LogP contribution is -2.07. The maximum Gasteiger partial charge on any atom is 0.269 e. The fraction of sp³-hybridized carbons (Fsp3) is 0.263. The Kier molecular flexibility index (Phi) is 5.44. The van der Waals surface area contributed by atoms with Gasteiger partial charge in [-0.2, -0.15) is 5.26 Å². The van der Waals surface area contributed by atoms with E-state index in [0.29, 0.717) is 16.1 Å². The fourth-order valence-corrected chi connectivity index (χ4v) is 4.22. The molecule has 132 valence electrons. The minimum atomic E-state index is -0.468. The van der Waals surface area contributed by atoms with Crippen LogP contribution in [0.3, 0.4) is 0 Å². The molecule has 0 spiro atoms. The molecule has 0 bridgehead atoms. The van der Waals surface area contributed by atoms with E-state index in [9.17, 15) is 20.2 Å². The molecule has 1 heterocycles. The third-order valence-electron chi connectivity index (χ3n) is 4.30. The van der Waals surface area contributed by atoms with E-state index in [0.717, 1.165) is 31.2 Å². The number of hydrogen-bond donors (Lipinski definition) is 1. The summed E-state index contributed by atoms with van der Waals surface area (Å²) in [6.45, 7) is 0.